The van der Waals surface area contributed by atoms with E-state index in [9.17, 15) is 13.2 Å². The molecule has 0 radical (unpaired) electrons. The van der Waals surface area contributed by atoms with E-state index in [2.05, 4.69) is 4.72 Å². The predicted octanol–water partition coefficient (Wildman–Crippen LogP) is 1.13. The fourth-order valence-corrected chi connectivity index (χ4v) is 3.06. The van der Waals surface area contributed by atoms with Gasteiger partial charge < -0.3 is 10.2 Å². The van der Waals surface area contributed by atoms with Crippen molar-refractivity contribution < 1.29 is 23.4 Å². The van der Waals surface area contributed by atoms with Gasteiger partial charge in [-0.15, -0.1) is 0 Å². The fourth-order valence-electron chi connectivity index (χ4n) is 1.72. The number of carbonyl (C=O) groups is 1. The first-order chi connectivity index (χ1) is 9.38. The molecule has 0 atom stereocenters. The lowest BCUT2D eigenvalue weighted by molar-refractivity contribution is 0.0696. The molecular formula is C13H19NO5S. The minimum absolute atomic E-state index is 0.0143. The van der Waals surface area contributed by atoms with Crippen LogP contribution >= 0.6 is 0 Å². The molecule has 0 aliphatic carbocycles. The normalized spacial score (nSPS) is 11.5. The molecule has 0 aliphatic rings. The number of aromatic carboxylic acids is 1. The molecular weight excluding hydrogens is 282 g/mol. The summed E-state index contributed by atoms with van der Waals surface area (Å²) >= 11 is 0. The highest BCUT2D eigenvalue weighted by Gasteiger charge is 2.18. The molecule has 0 bridgehead atoms. The lowest BCUT2D eigenvalue weighted by Gasteiger charge is -2.10. The maximum absolute atomic E-state index is 12.1. The highest BCUT2D eigenvalue weighted by Crippen LogP contribution is 2.17. The maximum atomic E-state index is 12.1. The minimum atomic E-state index is -3.71. The van der Waals surface area contributed by atoms with Gasteiger partial charge in [-0.05, 0) is 43.9 Å². The summed E-state index contributed by atoms with van der Waals surface area (Å²) in [6.45, 7) is 1.97. The van der Waals surface area contributed by atoms with Crippen molar-refractivity contribution >= 4 is 16.0 Å². The maximum Gasteiger partial charge on any atom is 0.335 e. The van der Waals surface area contributed by atoms with Gasteiger partial charge >= 0.3 is 5.97 Å². The Morgan fingerprint density at radius 3 is 2.55 bits per heavy atom. The molecule has 0 aliphatic heterocycles. The topological polar surface area (TPSA) is 104 Å². The molecule has 0 fully saturated rings. The van der Waals surface area contributed by atoms with Crippen molar-refractivity contribution in [3.05, 3.63) is 29.3 Å². The van der Waals surface area contributed by atoms with Crippen LogP contribution < -0.4 is 4.72 Å². The Hall–Kier alpha value is -1.44. The molecule has 1 aromatic rings. The number of hydrogen-bond acceptors (Lipinski definition) is 4. The monoisotopic (exact) mass is 301 g/mol. The molecule has 0 saturated heterocycles. The average Bonchev–Trinajstić information content (AvgIpc) is 2.38. The van der Waals surface area contributed by atoms with E-state index < -0.39 is 16.0 Å². The number of sulfonamides is 1. The Bertz CT molecular complexity index is 568. The number of carboxylic acids is 1. The van der Waals surface area contributed by atoms with Crippen molar-refractivity contribution in [3.8, 4) is 0 Å². The van der Waals surface area contributed by atoms with Crippen molar-refractivity contribution in [2.75, 3.05) is 13.2 Å². The molecule has 6 nitrogen and oxygen atoms in total. The summed E-state index contributed by atoms with van der Waals surface area (Å²) < 4.78 is 26.7. The summed E-state index contributed by atoms with van der Waals surface area (Å²) in [7, 11) is -3.71. The van der Waals surface area contributed by atoms with Crippen molar-refractivity contribution in [2.24, 2.45) is 0 Å². The number of aryl methyl sites for hydroxylation is 1. The fraction of sp³-hybridized carbons (Fsp3) is 0.462. The van der Waals surface area contributed by atoms with E-state index in [-0.39, 0.29) is 23.6 Å². The molecule has 112 valence electrons. The van der Waals surface area contributed by atoms with Crippen LogP contribution in [0, 0.1) is 6.92 Å². The van der Waals surface area contributed by atoms with E-state index >= 15 is 0 Å². The number of nitrogens with one attached hydrogen (secondary N) is 1. The van der Waals surface area contributed by atoms with Crippen LogP contribution in [-0.2, 0) is 10.0 Å². The highest BCUT2D eigenvalue weighted by molar-refractivity contribution is 7.89. The number of aliphatic hydroxyl groups is 1. The van der Waals surface area contributed by atoms with Crippen LogP contribution in [0.25, 0.3) is 0 Å². The highest BCUT2D eigenvalue weighted by atomic mass is 32.2. The molecule has 0 aromatic heterocycles. The standard InChI is InChI=1S/C13H19NO5S/c1-10-5-6-11(13(16)17)9-12(10)20(18,19)14-7-3-2-4-8-15/h5-6,9,14-15H,2-4,7-8H2,1H3,(H,16,17). The predicted molar refractivity (Wildman–Crippen MR) is 74.3 cm³/mol. The summed E-state index contributed by atoms with van der Waals surface area (Å²) in [4.78, 5) is 10.9. The van der Waals surface area contributed by atoms with Crippen LogP contribution in [0.2, 0.25) is 0 Å². The van der Waals surface area contributed by atoms with Gasteiger partial charge in [-0.1, -0.05) is 6.07 Å². The van der Waals surface area contributed by atoms with Crippen molar-refractivity contribution in [1.29, 1.82) is 0 Å². The first-order valence-electron chi connectivity index (χ1n) is 6.33. The van der Waals surface area contributed by atoms with E-state index in [0.29, 0.717) is 18.4 Å². The lowest BCUT2D eigenvalue weighted by atomic mass is 10.1. The Labute approximate surface area is 118 Å². The second-order valence-electron chi connectivity index (χ2n) is 4.47. The Morgan fingerprint density at radius 1 is 1.25 bits per heavy atom. The molecule has 20 heavy (non-hydrogen) atoms. The van der Waals surface area contributed by atoms with Crippen molar-refractivity contribution in [3.63, 3.8) is 0 Å². The zero-order valence-corrected chi connectivity index (χ0v) is 12.1. The summed E-state index contributed by atoms with van der Waals surface area (Å²) in [5.74, 6) is -1.16. The number of rotatable bonds is 8. The number of carboxylic acid groups (broad SMARTS) is 1. The van der Waals surface area contributed by atoms with Crippen LogP contribution in [0.1, 0.15) is 35.2 Å². The third-order valence-electron chi connectivity index (χ3n) is 2.85. The minimum Gasteiger partial charge on any atom is -0.478 e. The molecule has 0 spiro atoms. The molecule has 0 unspecified atom stereocenters. The molecule has 1 aromatic carbocycles. The SMILES string of the molecule is Cc1ccc(C(=O)O)cc1S(=O)(=O)NCCCCCO. The van der Waals surface area contributed by atoms with Gasteiger partial charge in [0.25, 0.3) is 0 Å². The summed E-state index contributed by atoms with van der Waals surface area (Å²) in [6, 6.07) is 4.01. The number of unbranched alkanes of at least 4 members (excludes halogenated alkanes) is 2. The van der Waals surface area contributed by atoms with E-state index in [4.69, 9.17) is 10.2 Å². The van der Waals surface area contributed by atoms with E-state index in [1.807, 2.05) is 0 Å². The zero-order valence-electron chi connectivity index (χ0n) is 11.3. The molecule has 1 rings (SSSR count). The number of benzene rings is 1. The van der Waals surface area contributed by atoms with Crippen LogP contribution in [-0.4, -0.2) is 37.8 Å². The van der Waals surface area contributed by atoms with E-state index in [0.717, 1.165) is 12.5 Å². The van der Waals surface area contributed by atoms with Gasteiger partial charge in [0.2, 0.25) is 10.0 Å². The summed E-state index contributed by atoms with van der Waals surface area (Å²) in [6.07, 6.45) is 1.99. The van der Waals surface area contributed by atoms with Crippen LogP contribution in [0.5, 0.6) is 0 Å². The zero-order chi connectivity index (χ0) is 15.2. The Morgan fingerprint density at radius 2 is 1.95 bits per heavy atom. The van der Waals surface area contributed by atoms with Gasteiger partial charge in [0.1, 0.15) is 0 Å². The van der Waals surface area contributed by atoms with Gasteiger partial charge in [-0.25, -0.2) is 17.9 Å². The van der Waals surface area contributed by atoms with E-state index in [1.165, 1.54) is 12.1 Å². The number of hydrogen-bond donors (Lipinski definition) is 3. The van der Waals surface area contributed by atoms with Crippen LogP contribution in [0.4, 0.5) is 0 Å². The van der Waals surface area contributed by atoms with Gasteiger partial charge in [-0.3, -0.25) is 0 Å². The van der Waals surface area contributed by atoms with Crippen LogP contribution in [0.3, 0.4) is 0 Å². The third kappa shape index (κ3) is 4.59. The summed E-state index contributed by atoms with van der Waals surface area (Å²) in [5.41, 5.74) is 0.439. The smallest absolute Gasteiger partial charge is 0.335 e. The Kier molecular flexibility index (Phi) is 6.12. The number of aliphatic hydroxyl groups excluding tert-OH is 1. The molecule has 0 saturated carbocycles. The lowest BCUT2D eigenvalue weighted by Crippen LogP contribution is -2.25. The second kappa shape index (κ2) is 7.37. The third-order valence-corrected chi connectivity index (χ3v) is 4.45. The quantitative estimate of drug-likeness (QED) is 0.625. The first kappa shape index (κ1) is 16.6. The molecule has 7 heteroatoms. The molecule has 0 amide bonds. The average molecular weight is 301 g/mol. The van der Waals surface area contributed by atoms with Gasteiger partial charge in [-0.2, -0.15) is 0 Å². The van der Waals surface area contributed by atoms with Gasteiger partial charge in [0.05, 0.1) is 10.5 Å². The van der Waals surface area contributed by atoms with E-state index in [1.54, 1.807) is 6.92 Å². The molecule has 3 N–H and O–H groups in total. The van der Waals surface area contributed by atoms with Gasteiger partial charge in [0.15, 0.2) is 0 Å². The Balaban J connectivity index is 2.81. The van der Waals surface area contributed by atoms with Gasteiger partial charge in [0, 0.05) is 13.2 Å². The van der Waals surface area contributed by atoms with Crippen LogP contribution in [0.15, 0.2) is 23.1 Å². The first-order valence-corrected chi connectivity index (χ1v) is 7.81. The molecule has 0 heterocycles. The largest absolute Gasteiger partial charge is 0.478 e. The second-order valence-corrected chi connectivity index (χ2v) is 6.20. The van der Waals surface area contributed by atoms with Crippen molar-refractivity contribution in [1.82, 2.24) is 4.72 Å². The van der Waals surface area contributed by atoms with Crippen molar-refractivity contribution in [2.45, 2.75) is 31.1 Å². The summed E-state index contributed by atoms with van der Waals surface area (Å²) in [5, 5.41) is 17.5.